The first-order chi connectivity index (χ1) is 12.4. The lowest BCUT2D eigenvalue weighted by molar-refractivity contribution is -0.135. The van der Waals surface area contributed by atoms with Crippen LogP contribution in [0.25, 0.3) is 0 Å². The van der Waals surface area contributed by atoms with E-state index in [4.69, 9.17) is 4.74 Å². The molecular weight excluding hydrogens is 390 g/mol. The van der Waals surface area contributed by atoms with Gasteiger partial charge in [-0.05, 0) is 51.1 Å². The molecule has 1 aliphatic heterocycles. The smallest absolute Gasteiger partial charge is 0.243 e. The molecule has 1 aromatic rings. The number of sulfonamides is 1. The summed E-state index contributed by atoms with van der Waals surface area (Å²) in [6.07, 6.45) is 1.11. The number of nitrogens with zero attached hydrogens (tertiary/aromatic N) is 2. The Hall–Kier alpha value is -1.35. The first-order valence-corrected chi connectivity index (χ1v) is 10.5. The van der Waals surface area contributed by atoms with Gasteiger partial charge >= 0.3 is 0 Å². The number of likely N-dealkylation sites (N-methyl/N-ethyl adjacent to an activating group) is 2. The second-order valence-electron chi connectivity index (χ2n) is 6.45. The number of amides is 1. The van der Waals surface area contributed by atoms with E-state index in [0.29, 0.717) is 44.8 Å². The Balaban J connectivity index is 0.00000364. The van der Waals surface area contributed by atoms with Crippen LogP contribution in [0.2, 0.25) is 0 Å². The van der Waals surface area contributed by atoms with Crippen LogP contribution in [0.15, 0.2) is 29.2 Å². The third kappa shape index (κ3) is 6.07. The monoisotopic (exact) mass is 419 g/mol. The van der Waals surface area contributed by atoms with E-state index in [9.17, 15) is 13.2 Å². The molecule has 0 saturated carbocycles. The van der Waals surface area contributed by atoms with Crippen molar-refractivity contribution in [3.8, 4) is 5.75 Å². The van der Waals surface area contributed by atoms with E-state index in [0.717, 1.165) is 6.54 Å². The third-order valence-electron chi connectivity index (χ3n) is 4.65. The van der Waals surface area contributed by atoms with Gasteiger partial charge < -0.3 is 15.0 Å². The van der Waals surface area contributed by atoms with Crippen LogP contribution >= 0.6 is 12.4 Å². The van der Waals surface area contributed by atoms with E-state index in [2.05, 4.69) is 5.32 Å². The van der Waals surface area contributed by atoms with Crippen molar-refractivity contribution in [3.63, 3.8) is 0 Å². The Morgan fingerprint density at radius 1 is 1.26 bits per heavy atom. The number of carbonyl (C=O) groups excluding carboxylic acids is 1. The zero-order valence-electron chi connectivity index (χ0n) is 16.2. The summed E-state index contributed by atoms with van der Waals surface area (Å²) in [6.45, 7) is 4.55. The van der Waals surface area contributed by atoms with Crippen LogP contribution in [0, 0.1) is 5.92 Å². The lowest BCUT2D eigenvalue weighted by Crippen LogP contribution is -2.44. The molecule has 0 unspecified atom stereocenters. The number of ether oxygens (including phenoxy) is 1. The van der Waals surface area contributed by atoms with Crippen LogP contribution in [-0.2, 0) is 14.8 Å². The van der Waals surface area contributed by atoms with Crippen molar-refractivity contribution in [3.05, 3.63) is 24.3 Å². The third-order valence-corrected chi connectivity index (χ3v) is 6.56. The second kappa shape index (κ2) is 10.8. The Bertz CT molecular complexity index is 689. The van der Waals surface area contributed by atoms with Gasteiger partial charge in [0.15, 0.2) is 0 Å². The highest BCUT2D eigenvalue weighted by atomic mass is 35.5. The van der Waals surface area contributed by atoms with Crippen LogP contribution in [-0.4, -0.2) is 70.4 Å². The summed E-state index contributed by atoms with van der Waals surface area (Å²) in [5.74, 6) is 0.641. The van der Waals surface area contributed by atoms with Crippen LogP contribution in [0.3, 0.4) is 0 Å². The Morgan fingerprint density at radius 3 is 2.37 bits per heavy atom. The molecule has 0 atom stereocenters. The van der Waals surface area contributed by atoms with Crippen LogP contribution < -0.4 is 10.1 Å². The van der Waals surface area contributed by atoms with Gasteiger partial charge in [-0.25, -0.2) is 8.42 Å². The van der Waals surface area contributed by atoms with E-state index in [1.54, 1.807) is 36.2 Å². The zero-order chi connectivity index (χ0) is 19.2. The maximum absolute atomic E-state index is 12.8. The van der Waals surface area contributed by atoms with Crippen molar-refractivity contribution in [1.82, 2.24) is 14.5 Å². The Morgan fingerprint density at radius 2 is 1.85 bits per heavy atom. The van der Waals surface area contributed by atoms with Crippen LogP contribution in [0.1, 0.15) is 19.8 Å². The Labute approximate surface area is 168 Å². The molecule has 1 amide bonds. The molecule has 1 heterocycles. The molecule has 1 N–H and O–H groups in total. The fourth-order valence-electron chi connectivity index (χ4n) is 3.07. The lowest BCUT2D eigenvalue weighted by Gasteiger charge is -2.32. The SMILES string of the molecule is CCOc1ccc(S(=O)(=O)N2CCC(C(=O)N(C)CCNC)CC2)cc1.Cl. The number of benzene rings is 1. The molecule has 1 fully saturated rings. The number of halogens is 1. The maximum Gasteiger partial charge on any atom is 0.243 e. The predicted molar refractivity (Wildman–Crippen MR) is 108 cm³/mol. The van der Waals surface area contributed by atoms with E-state index in [1.165, 1.54) is 4.31 Å². The molecule has 1 aromatic carbocycles. The largest absolute Gasteiger partial charge is 0.494 e. The summed E-state index contributed by atoms with van der Waals surface area (Å²) < 4.78 is 32.4. The molecule has 9 heteroatoms. The Kier molecular flexibility index (Phi) is 9.52. The highest BCUT2D eigenvalue weighted by Crippen LogP contribution is 2.26. The molecule has 0 radical (unpaired) electrons. The number of piperidine rings is 1. The van der Waals surface area contributed by atoms with Gasteiger partial charge in [-0.3, -0.25) is 4.79 Å². The molecule has 0 aliphatic carbocycles. The molecule has 7 nitrogen and oxygen atoms in total. The molecule has 154 valence electrons. The molecule has 27 heavy (non-hydrogen) atoms. The van der Waals surface area contributed by atoms with Gasteiger partial charge in [-0.1, -0.05) is 0 Å². The molecule has 0 bridgehead atoms. The van der Waals surface area contributed by atoms with Gasteiger partial charge in [0.05, 0.1) is 11.5 Å². The molecule has 1 aliphatic rings. The minimum atomic E-state index is -3.53. The summed E-state index contributed by atoms with van der Waals surface area (Å²) in [4.78, 5) is 14.4. The van der Waals surface area contributed by atoms with Gasteiger partial charge in [-0.15, -0.1) is 12.4 Å². The van der Waals surface area contributed by atoms with Crippen molar-refractivity contribution >= 4 is 28.3 Å². The molecule has 0 aromatic heterocycles. The first-order valence-electron chi connectivity index (χ1n) is 9.02. The topological polar surface area (TPSA) is 79.0 Å². The summed E-state index contributed by atoms with van der Waals surface area (Å²) >= 11 is 0. The molecular formula is C18H30ClN3O4S. The van der Waals surface area contributed by atoms with Crippen LogP contribution in [0.4, 0.5) is 0 Å². The number of nitrogens with one attached hydrogen (secondary N) is 1. The number of carbonyl (C=O) groups is 1. The highest BCUT2D eigenvalue weighted by molar-refractivity contribution is 7.89. The maximum atomic E-state index is 12.8. The fraction of sp³-hybridized carbons (Fsp3) is 0.611. The molecule has 1 saturated heterocycles. The van der Waals surface area contributed by atoms with Crippen molar-refractivity contribution in [2.24, 2.45) is 5.92 Å². The van der Waals surface area contributed by atoms with E-state index < -0.39 is 10.0 Å². The summed E-state index contributed by atoms with van der Waals surface area (Å²) in [5.41, 5.74) is 0. The second-order valence-corrected chi connectivity index (χ2v) is 8.38. The van der Waals surface area contributed by atoms with Gasteiger partial charge in [0.25, 0.3) is 0 Å². The summed E-state index contributed by atoms with van der Waals surface area (Å²) in [7, 11) is 0.110. The minimum Gasteiger partial charge on any atom is -0.494 e. The van der Waals surface area contributed by atoms with Crippen LogP contribution in [0.5, 0.6) is 5.75 Å². The van der Waals surface area contributed by atoms with Crippen molar-refractivity contribution in [2.75, 3.05) is 46.9 Å². The van der Waals surface area contributed by atoms with Gasteiger partial charge in [0, 0.05) is 39.1 Å². The lowest BCUT2D eigenvalue weighted by atomic mass is 9.97. The average Bonchev–Trinajstić information content (AvgIpc) is 2.66. The van der Waals surface area contributed by atoms with E-state index >= 15 is 0 Å². The number of hydrogen-bond acceptors (Lipinski definition) is 5. The minimum absolute atomic E-state index is 0. The van der Waals surface area contributed by atoms with Crippen molar-refractivity contribution in [1.29, 1.82) is 0 Å². The summed E-state index contributed by atoms with van der Waals surface area (Å²) in [6, 6.07) is 6.49. The highest BCUT2D eigenvalue weighted by Gasteiger charge is 2.33. The summed E-state index contributed by atoms with van der Waals surface area (Å²) in [5, 5.41) is 3.02. The van der Waals surface area contributed by atoms with Crippen molar-refractivity contribution < 1.29 is 17.9 Å². The normalized spacial score (nSPS) is 15.8. The van der Waals surface area contributed by atoms with E-state index in [1.807, 2.05) is 14.0 Å². The molecule has 0 spiro atoms. The quantitative estimate of drug-likeness (QED) is 0.692. The number of hydrogen-bond donors (Lipinski definition) is 1. The van der Waals surface area contributed by atoms with E-state index in [-0.39, 0.29) is 29.1 Å². The molecule has 2 rings (SSSR count). The van der Waals surface area contributed by atoms with Gasteiger partial charge in [0.2, 0.25) is 15.9 Å². The average molecular weight is 420 g/mol. The van der Waals surface area contributed by atoms with Gasteiger partial charge in [0.1, 0.15) is 5.75 Å². The van der Waals surface area contributed by atoms with Crippen molar-refractivity contribution in [2.45, 2.75) is 24.7 Å². The van der Waals surface area contributed by atoms with Gasteiger partial charge in [-0.2, -0.15) is 4.31 Å². The standard InChI is InChI=1S/C18H29N3O4S.ClH/c1-4-25-16-5-7-17(8-6-16)26(23,24)21-12-9-15(10-13-21)18(22)20(3)14-11-19-2;/h5-8,15,19H,4,9-14H2,1-3H3;1H. The zero-order valence-corrected chi connectivity index (χ0v) is 17.8. The predicted octanol–water partition coefficient (Wildman–Crippen LogP) is 1.59. The fourth-order valence-corrected chi connectivity index (χ4v) is 4.54. The first kappa shape index (κ1) is 23.7. The number of rotatable bonds is 8.